The molecule has 0 radical (unpaired) electrons. The van der Waals surface area contributed by atoms with Crippen molar-refractivity contribution in [2.45, 2.75) is 32.4 Å². The highest BCUT2D eigenvalue weighted by Crippen LogP contribution is 2.23. The Balaban J connectivity index is 2.09. The fourth-order valence-corrected chi connectivity index (χ4v) is 2.46. The summed E-state index contributed by atoms with van der Waals surface area (Å²) in [4.78, 5) is 2.26. The number of amidine groups is 1. The van der Waals surface area contributed by atoms with Crippen LogP contribution in [0.5, 0.6) is 0 Å². The zero-order chi connectivity index (χ0) is 13.3. The zero-order valence-corrected chi connectivity index (χ0v) is 11.0. The van der Waals surface area contributed by atoms with E-state index >= 15 is 0 Å². The molecular weight excluding hydrogens is 226 g/mol. The lowest BCUT2D eigenvalue weighted by molar-refractivity contribution is 0.0679. The number of benzene rings is 1. The molecule has 0 aliphatic carbocycles. The van der Waals surface area contributed by atoms with Gasteiger partial charge in [-0.2, -0.15) is 0 Å². The van der Waals surface area contributed by atoms with Crippen molar-refractivity contribution in [2.24, 2.45) is 5.73 Å². The van der Waals surface area contributed by atoms with E-state index in [1.54, 1.807) is 0 Å². The highest BCUT2D eigenvalue weighted by molar-refractivity contribution is 5.95. The van der Waals surface area contributed by atoms with E-state index in [9.17, 15) is 5.11 Å². The lowest BCUT2D eigenvalue weighted by Gasteiger charge is -2.20. The molecule has 98 valence electrons. The number of aliphatic hydroxyl groups is 1. The molecule has 4 heteroatoms. The van der Waals surface area contributed by atoms with E-state index in [0.29, 0.717) is 0 Å². The predicted octanol–water partition coefficient (Wildman–Crippen LogP) is 1.24. The Morgan fingerprint density at radius 2 is 2.28 bits per heavy atom. The second-order valence-electron chi connectivity index (χ2n) is 5.51. The molecule has 0 amide bonds. The van der Waals surface area contributed by atoms with Crippen molar-refractivity contribution in [3.8, 4) is 0 Å². The summed E-state index contributed by atoms with van der Waals surface area (Å²) in [5.41, 5.74) is 8.07. The molecule has 1 aliphatic rings. The van der Waals surface area contributed by atoms with Crippen LogP contribution in [0.25, 0.3) is 0 Å². The van der Waals surface area contributed by atoms with E-state index in [-0.39, 0.29) is 5.84 Å². The Morgan fingerprint density at radius 1 is 1.56 bits per heavy atom. The lowest BCUT2D eigenvalue weighted by Crippen LogP contribution is -2.29. The maximum atomic E-state index is 9.94. The smallest absolute Gasteiger partial charge is 0.122 e. The first-order chi connectivity index (χ1) is 8.37. The number of nitrogens with two attached hydrogens (primary N) is 1. The SMILES string of the molecule is Cc1cc(C(=N)N)ccc1CN1CCC(C)(O)C1. The minimum Gasteiger partial charge on any atom is -0.389 e. The van der Waals surface area contributed by atoms with Gasteiger partial charge in [-0.15, -0.1) is 0 Å². The first-order valence-electron chi connectivity index (χ1n) is 6.26. The van der Waals surface area contributed by atoms with Crippen LogP contribution in [0.2, 0.25) is 0 Å². The van der Waals surface area contributed by atoms with Gasteiger partial charge < -0.3 is 10.8 Å². The molecule has 1 fully saturated rings. The number of hydrogen-bond donors (Lipinski definition) is 3. The quantitative estimate of drug-likeness (QED) is 0.555. The van der Waals surface area contributed by atoms with Crippen molar-refractivity contribution in [1.29, 1.82) is 5.41 Å². The maximum Gasteiger partial charge on any atom is 0.122 e. The van der Waals surface area contributed by atoms with Gasteiger partial charge in [0.15, 0.2) is 0 Å². The molecule has 1 aromatic carbocycles. The topological polar surface area (TPSA) is 73.3 Å². The van der Waals surface area contributed by atoms with Crippen molar-refractivity contribution in [1.82, 2.24) is 4.90 Å². The van der Waals surface area contributed by atoms with Gasteiger partial charge in [0, 0.05) is 25.2 Å². The minimum absolute atomic E-state index is 0.105. The molecule has 1 unspecified atom stereocenters. The van der Waals surface area contributed by atoms with Gasteiger partial charge in [-0.05, 0) is 37.5 Å². The largest absolute Gasteiger partial charge is 0.389 e. The Morgan fingerprint density at radius 3 is 2.78 bits per heavy atom. The average Bonchev–Trinajstić information content (AvgIpc) is 2.61. The molecule has 0 bridgehead atoms. The van der Waals surface area contributed by atoms with E-state index in [1.807, 2.05) is 32.0 Å². The Labute approximate surface area is 108 Å². The normalized spacial score (nSPS) is 24.4. The molecule has 1 aromatic rings. The molecule has 0 saturated carbocycles. The summed E-state index contributed by atoms with van der Waals surface area (Å²) in [5, 5.41) is 17.4. The van der Waals surface area contributed by atoms with Crippen LogP contribution in [0.4, 0.5) is 0 Å². The third kappa shape index (κ3) is 2.89. The number of nitrogens with zero attached hydrogens (tertiary/aromatic N) is 1. The van der Waals surface area contributed by atoms with Crippen LogP contribution in [0.15, 0.2) is 18.2 Å². The second-order valence-corrected chi connectivity index (χ2v) is 5.51. The molecule has 18 heavy (non-hydrogen) atoms. The number of β-amino-alcohol motifs (C(OH)–C–C–N with tert-alkyl or cyclic N) is 1. The molecule has 1 atom stereocenters. The van der Waals surface area contributed by atoms with Crippen molar-refractivity contribution in [3.63, 3.8) is 0 Å². The number of nitrogen functional groups attached to an aromatic ring is 1. The van der Waals surface area contributed by atoms with Crippen molar-refractivity contribution in [2.75, 3.05) is 13.1 Å². The van der Waals surface area contributed by atoms with Crippen LogP contribution < -0.4 is 5.73 Å². The standard InChI is InChI=1S/C14H21N3O/c1-10-7-11(13(15)16)3-4-12(10)8-17-6-5-14(2,18)9-17/h3-4,7,18H,5-6,8-9H2,1-2H3,(H3,15,16). The van der Waals surface area contributed by atoms with Crippen LogP contribution in [0, 0.1) is 12.3 Å². The molecule has 1 aliphatic heterocycles. The van der Waals surface area contributed by atoms with Gasteiger partial charge in [0.25, 0.3) is 0 Å². The Hall–Kier alpha value is -1.39. The molecular formula is C14H21N3O. The Kier molecular flexibility index (Phi) is 3.41. The van der Waals surface area contributed by atoms with Crippen LogP contribution in [-0.4, -0.2) is 34.5 Å². The highest BCUT2D eigenvalue weighted by atomic mass is 16.3. The number of nitrogens with one attached hydrogen (secondary N) is 1. The van der Waals surface area contributed by atoms with Crippen LogP contribution in [0.1, 0.15) is 30.0 Å². The summed E-state index contributed by atoms with van der Waals surface area (Å²) >= 11 is 0. The molecule has 0 aromatic heterocycles. The summed E-state index contributed by atoms with van der Waals surface area (Å²) < 4.78 is 0. The average molecular weight is 247 g/mol. The van der Waals surface area contributed by atoms with E-state index in [1.165, 1.54) is 5.56 Å². The fourth-order valence-electron chi connectivity index (χ4n) is 2.46. The summed E-state index contributed by atoms with van der Waals surface area (Å²) in [5.74, 6) is 0.105. The van der Waals surface area contributed by atoms with Crippen molar-refractivity contribution < 1.29 is 5.11 Å². The van der Waals surface area contributed by atoms with Gasteiger partial charge >= 0.3 is 0 Å². The van der Waals surface area contributed by atoms with E-state index in [0.717, 1.165) is 37.2 Å². The van der Waals surface area contributed by atoms with Gasteiger partial charge in [-0.1, -0.05) is 12.1 Å². The molecule has 4 nitrogen and oxygen atoms in total. The van der Waals surface area contributed by atoms with Gasteiger partial charge in [-0.25, -0.2) is 0 Å². The van der Waals surface area contributed by atoms with Crippen LogP contribution in [-0.2, 0) is 6.54 Å². The summed E-state index contributed by atoms with van der Waals surface area (Å²) in [6.45, 7) is 6.43. The third-order valence-corrected chi connectivity index (χ3v) is 3.58. The highest BCUT2D eigenvalue weighted by Gasteiger charge is 2.31. The third-order valence-electron chi connectivity index (χ3n) is 3.58. The first kappa shape index (κ1) is 13.1. The summed E-state index contributed by atoms with van der Waals surface area (Å²) in [6.07, 6.45) is 0.831. The number of likely N-dealkylation sites (tertiary alicyclic amines) is 1. The van der Waals surface area contributed by atoms with Crippen LogP contribution in [0.3, 0.4) is 0 Å². The second kappa shape index (κ2) is 4.71. The van der Waals surface area contributed by atoms with Crippen molar-refractivity contribution in [3.05, 3.63) is 34.9 Å². The van der Waals surface area contributed by atoms with Gasteiger partial charge in [0.2, 0.25) is 0 Å². The van der Waals surface area contributed by atoms with Gasteiger partial charge in [0.1, 0.15) is 5.84 Å². The summed E-state index contributed by atoms with van der Waals surface area (Å²) in [7, 11) is 0. The molecule has 4 N–H and O–H groups in total. The predicted molar refractivity (Wildman–Crippen MR) is 72.7 cm³/mol. The van der Waals surface area contributed by atoms with Crippen molar-refractivity contribution >= 4 is 5.84 Å². The summed E-state index contributed by atoms with van der Waals surface area (Å²) in [6, 6.07) is 5.86. The fraction of sp³-hybridized carbons (Fsp3) is 0.500. The zero-order valence-electron chi connectivity index (χ0n) is 11.0. The molecule has 1 saturated heterocycles. The van der Waals surface area contributed by atoms with E-state index < -0.39 is 5.60 Å². The lowest BCUT2D eigenvalue weighted by atomic mass is 10.0. The van der Waals surface area contributed by atoms with E-state index in [4.69, 9.17) is 11.1 Å². The van der Waals surface area contributed by atoms with Gasteiger partial charge in [-0.3, -0.25) is 10.3 Å². The van der Waals surface area contributed by atoms with Crippen LogP contribution >= 0.6 is 0 Å². The Bertz CT molecular complexity index is 468. The number of hydrogen-bond acceptors (Lipinski definition) is 3. The first-order valence-corrected chi connectivity index (χ1v) is 6.26. The number of rotatable bonds is 3. The monoisotopic (exact) mass is 247 g/mol. The molecule has 2 rings (SSSR count). The molecule has 1 heterocycles. The van der Waals surface area contributed by atoms with E-state index in [2.05, 4.69) is 4.90 Å². The van der Waals surface area contributed by atoms with Gasteiger partial charge in [0.05, 0.1) is 5.60 Å². The molecule has 0 spiro atoms. The number of aryl methyl sites for hydroxylation is 1. The maximum absolute atomic E-state index is 9.94. The minimum atomic E-state index is -0.548.